The van der Waals surface area contributed by atoms with E-state index in [1.165, 1.54) is 31.5 Å². The minimum Gasteiger partial charge on any atom is -0.477 e. The van der Waals surface area contributed by atoms with Gasteiger partial charge in [-0.05, 0) is 49.8 Å². The second kappa shape index (κ2) is 5.81. The number of hydrogen-bond acceptors (Lipinski definition) is 5. The van der Waals surface area contributed by atoms with Crippen molar-refractivity contribution in [2.45, 2.75) is 26.2 Å². The minimum absolute atomic E-state index is 0.0262. The molecule has 152 valence electrons. The number of pyridine rings is 2. The van der Waals surface area contributed by atoms with E-state index in [1.807, 2.05) is 13.0 Å². The summed E-state index contributed by atoms with van der Waals surface area (Å²) in [7, 11) is 0. The highest BCUT2D eigenvalue weighted by Crippen LogP contribution is 2.64. The number of H-pyrrole nitrogens is 2. The molecule has 0 unspecified atom stereocenters. The largest absolute Gasteiger partial charge is 0.477 e. The van der Waals surface area contributed by atoms with Crippen LogP contribution in [0.1, 0.15) is 24.8 Å². The Hall–Kier alpha value is -3.42. The smallest absolute Gasteiger partial charge is 0.272 e. The average molecular weight is 405 g/mol. The van der Waals surface area contributed by atoms with Crippen LogP contribution < -0.4 is 16.0 Å². The van der Waals surface area contributed by atoms with Gasteiger partial charge in [0.1, 0.15) is 22.5 Å². The number of nitrogen functional groups attached to an aromatic ring is 1. The number of hydrogen-bond donors (Lipinski definition) is 3. The summed E-state index contributed by atoms with van der Waals surface area (Å²) in [5.41, 5.74) is 9.34. The third-order valence-electron chi connectivity index (χ3n) is 6.68. The molecule has 3 aromatic heterocycles. The number of ether oxygens (including phenoxy) is 1. The van der Waals surface area contributed by atoms with E-state index in [9.17, 15) is 9.18 Å². The van der Waals surface area contributed by atoms with Crippen molar-refractivity contribution >= 4 is 27.6 Å². The first-order valence-corrected chi connectivity index (χ1v) is 10.0. The van der Waals surface area contributed by atoms with Crippen LogP contribution in [0.2, 0.25) is 0 Å². The Morgan fingerprint density at radius 3 is 2.87 bits per heavy atom. The Morgan fingerprint density at radius 2 is 2.13 bits per heavy atom. The maximum Gasteiger partial charge on any atom is 0.272 e. The van der Waals surface area contributed by atoms with Crippen molar-refractivity contribution in [1.82, 2.24) is 20.2 Å². The topological polar surface area (TPSA) is 110 Å². The predicted octanol–water partition coefficient (Wildman–Crippen LogP) is 3.68. The number of fused-ring (bicyclic) bond motifs is 2. The van der Waals surface area contributed by atoms with Gasteiger partial charge in [0.15, 0.2) is 0 Å². The quantitative estimate of drug-likeness (QED) is 0.480. The van der Waals surface area contributed by atoms with E-state index in [1.54, 1.807) is 6.07 Å². The Kier molecular flexibility index (Phi) is 3.38. The summed E-state index contributed by atoms with van der Waals surface area (Å²) in [5.74, 6) is 0.988. The van der Waals surface area contributed by atoms with Crippen LogP contribution in [0.25, 0.3) is 33.1 Å². The SMILES string of the molecule is Cc1cc2[nH]c(=O)c(N)c(-c3ccc(F)c4[nH]ncc34)c2nc1OCC12CC(C1)C2. The maximum atomic E-state index is 14.2. The number of aryl methyl sites for hydroxylation is 1. The van der Waals surface area contributed by atoms with Crippen LogP contribution in [0.3, 0.4) is 0 Å². The first kappa shape index (κ1) is 17.4. The van der Waals surface area contributed by atoms with Crippen molar-refractivity contribution in [3.63, 3.8) is 0 Å². The number of rotatable bonds is 4. The fraction of sp³-hybridized carbons (Fsp3) is 0.318. The number of halogens is 1. The van der Waals surface area contributed by atoms with E-state index in [-0.39, 0.29) is 11.2 Å². The van der Waals surface area contributed by atoms with Crippen LogP contribution in [0.4, 0.5) is 10.1 Å². The van der Waals surface area contributed by atoms with Gasteiger partial charge in [0, 0.05) is 21.9 Å². The molecule has 7 rings (SSSR count). The minimum atomic E-state index is -0.426. The van der Waals surface area contributed by atoms with Crippen molar-refractivity contribution in [3.05, 3.63) is 46.1 Å². The van der Waals surface area contributed by atoms with Crippen molar-refractivity contribution < 1.29 is 9.13 Å². The van der Waals surface area contributed by atoms with Gasteiger partial charge in [-0.3, -0.25) is 9.89 Å². The van der Waals surface area contributed by atoms with Gasteiger partial charge in [0.25, 0.3) is 5.56 Å². The Balaban J connectivity index is 1.55. The summed E-state index contributed by atoms with van der Waals surface area (Å²) in [6, 6.07) is 4.78. The van der Waals surface area contributed by atoms with Gasteiger partial charge >= 0.3 is 0 Å². The second-order valence-corrected chi connectivity index (χ2v) is 8.77. The van der Waals surface area contributed by atoms with Crippen LogP contribution in [-0.2, 0) is 0 Å². The molecule has 0 aliphatic heterocycles. The number of aromatic nitrogens is 4. The summed E-state index contributed by atoms with van der Waals surface area (Å²) in [4.78, 5) is 20.1. The number of nitrogens with one attached hydrogen (secondary N) is 2. The van der Waals surface area contributed by atoms with Crippen LogP contribution in [0.5, 0.6) is 5.88 Å². The molecule has 0 spiro atoms. The first-order chi connectivity index (χ1) is 14.4. The molecule has 7 nitrogen and oxygen atoms in total. The van der Waals surface area contributed by atoms with Gasteiger partial charge < -0.3 is 15.5 Å². The molecule has 3 heterocycles. The van der Waals surface area contributed by atoms with E-state index in [2.05, 4.69) is 15.2 Å². The summed E-state index contributed by atoms with van der Waals surface area (Å²) in [5, 5.41) is 7.14. The first-order valence-electron chi connectivity index (χ1n) is 10.0. The summed E-state index contributed by atoms with van der Waals surface area (Å²) < 4.78 is 20.3. The van der Waals surface area contributed by atoms with Gasteiger partial charge in [0.05, 0.1) is 18.3 Å². The molecule has 3 fully saturated rings. The number of nitrogens with zero attached hydrogens (tertiary/aromatic N) is 2. The third-order valence-corrected chi connectivity index (χ3v) is 6.68. The zero-order valence-electron chi connectivity index (χ0n) is 16.4. The van der Waals surface area contributed by atoms with Crippen molar-refractivity contribution in [3.8, 4) is 17.0 Å². The summed E-state index contributed by atoms with van der Waals surface area (Å²) in [6.45, 7) is 2.56. The average Bonchev–Trinajstić information content (AvgIpc) is 3.14. The molecule has 3 aliphatic rings. The van der Waals surface area contributed by atoms with E-state index < -0.39 is 11.4 Å². The number of anilines is 1. The van der Waals surface area contributed by atoms with Gasteiger partial charge in [-0.25, -0.2) is 9.37 Å². The van der Waals surface area contributed by atoms with E-state index in [4.69, 9.17) is 15.5 Å². The lowest BCUT2D eigenvalue weighted by molar-refractivity contribution is -0.132. The lowest BCUT2D eigenvalue weighted by atomic mass is 9.45. The lowest BCUT2D eigenvalue weighted by Crippen LogP contribution is -2.55. The van der Waals surface area contributed by atoms with Gasteiger partial charge in [-0.15, -0.1) is 0 Å². The van der Waals surface area contributed by atoms with Crippen LogP contribution in [0.15, 0.2) is 29.2 Å². The van der Waals surface area contributed by atoms with Crippen LogP contribution >= 0.6 is 0 Å². The standard InChI is InChI=1S/C22H20FN5O2/c1-10-4-15-19(27-21(10)30-9-22-5-11(6-22)7-22)16(17(24)20(29)26-15)12-2-3-14(23)18-13(12)8-25-28-18/h2-4,8,11H,5-7,9,24H2,1H3,(H,25,28)(H,26,29). The molecule has 4 aromatic rings. The summed E-state index contributed by atoms with van der Waals surface area (Å²) in [6.07, 6.45) is 5.23. The molecule has 30 heavy (non-hydrogen) atoms. The van der Waals surface area contributed by atoms with Gasteiger partial charge in [0.2, 0.25) is 5.88 Å². The van der Waals surface area contributed by atoms with Crippen molar-refractivity contribution in [2.75, 3.05) is 12.3 Å². The normalized spacial score (nSPS) is 22.1. The van der Waals surface area contributed by atoms with Crippen LogP contribution in [-0.4, -0.2) is 26.8 Å². The molecular formula is C22H20FN5O2. The van der Waals surface area contributed by atoms with Gasteiger partial charge in [-0.2, -0.15) is 5.10 Å². The highest BCUT2D eigenvalue weighted by Gasteiger charge is 2.57. The highest BCUT2D eigenvalue weighted by molar-refractivity contribution is 6.06. The van der Waals surface area contributed by atoms with Gasteiger partial charge in [-0.1, -0.05) is 6.07 Å². The van der Waals surface area contributed by atoms with Crippen LogP contribution in [0, 0.1) is 24.1 Å². The number of benzene rings is 1. The molecule has 4 N–H and O–H groups in total. The molecule has 3 saturated carbocycles. The molecule has 0 atom stereocenters. The zero-order chi connectivity index (χ0) is 20.6. The number of aromatic amines is 2. The third kappa shape index (κ3) is 2.33. The maximum absolute atomic E-state index is 14.2. The highest BCUT2D eigenvalue weighted by atomic mass is 19.1. The zero-order valence-corrected chi connectivity index (χ0v) is 16.4. The molecular weight excluding hydrogens is 385 g/mol. The second-order valence-electron chi connectivity index (χ2n) is 8.77. The van der Waals surface area contributed by atoms with Crippen molar-refractivity contribution in [2.24, 2.45) is 11.3 Å². The predicted molar refractivity (Wildman–Crippen MR) is 112 cm³/mol. The Labute approximate surface area is 170 Å². The molecule has 1 aromatic carbocycles. The number of nitrogens with two attached hydrogens (primary N) is 1. The molecule has 0 amide bonds. The monoisotopic (exact) mass is 405 g/mol. The Bertz CT molecular complexity index is 1390. The van der Waals surface area contributed by atoms with E-state index >= 15 is 0 Å². The van der Waals surface area contributed by atoms with Crippen molar-refractivity contribution in [1.29, 1.82) is 0 Å². The lowest BCUT2D eigenvalue weighted by Gasteiger charge is -2.61. The molecule has 3 aliphatic carbocycles. The fourth-order valence-corrected chi connectivity index (χ4v) is 5.01. The Morgan fingerprint density at radius 1 is 1.33 bits per heavy atom. The fourth-order valence-electron chi connectivity index (χ4n) is 5.01. The molecule has 0 radical (unpaired) electrons. The molecule has 0 saturated heterocycles. The summed E-state index contributed by atoms with van der Waals surface area (Å²) >= 11 is 0. The van der Waals surface area contributed by atoms with E-state index in [0.29, 0.717) is 45.4 Å². The molecule has 2 bridgehead atoms. The van der Waals surface area contributed by atoms with E-state index in [0.717, 1.165) is 11.5 Å². The molecule has 8 heteroatoms.